The first kappa shape index (κ1) is 22.2. The summed E-state index contributed by atoms with van der Waals surface area (Å²) in [5.41, 5.74) is 11.0. The van der Waals surface area contributed by atoms with Gasteiger partial charge < -0.3 is 10.3 Å². The third-order valence-electron chi connectivity index (χ3n) is 7.19. The number of hydrogen-bond donors (Lipinski definition) is 1. The Morgan fingerprint density at radius 2 is 1.47 bits per heavy atom. The summed E-state index contributed by atoms with van der Waals surface area (Å²) in [6.07, 6.45) is 8.38. The summed E-state index contributed by atoms with van der Waals surface area (Å²) in [7, 11) is 1.88. The van der Waals surface area contributed by atoms with Crippen LogP contribution in [0.5, 0.6) is 0 Å². The molecule has 2 N–H and O–H groups in total. The maximum atomic E-state index is 13.7. The third kappa shape index (κ3) is 3.61. The van der Waals surface area contributed by atoms with E-state index in [1.807, 2.05) is 62.8 Å². The highest BCUT2D eigenvalue weighted by Gasteiger charge is 2.30. The fraction of sp³-hybridized carbons (Fsp3) is 0.462. The van der Waals surface area contributed by atoms with Gasteiger partial charge in [-0.05, 0) is 45.7 Å². The van der Waals surface area contributed by atoms with Gasteiger partial charge in [-0.15, -0.1) is 0 Å². The summed E-state index contributed by atoms with van der Waals surface area (Å²) in [4.78, 5) is 26.4. The monoisotopic (exact) mass is 434 g/mol. The quantitative estimate of drug-likeness (QED) is 0.630. The Hall–Kier alpha value is -3.02. The van der Waals surface area contributed by atoms with E-state index in [0.717, 1.165) is 35.6 Å². The zero-order chi connectivity index (χ0) is 23.0. The minimum absolute atomic E-state index is 0.128. The van der Waals surface area contributed by atoms with Crippen molar-refractivity contribution < 1.29 is 4.79 Å². The number of benzene rings is 1. The van der Waals surface area contributed by atoms with Gasteiger partial charge in [0.15, 0.2) is 0 Å². The Labute approximate surface area is 189 Å². The van der Waals surface area contributed by atoms with Gasteiger partial charge in [0, 0.05) is 35.7 Å². The Kier molecular flexibility index (Phi) is 6.13. The predicted octanol–water partition coefficient (Wildman–Crippen LogP) is 4.95. The summed E-state index contributed by atoms with van der Waals surface area (Å²) >= 11 is 0. The molecule has 0 bridgehead atoms. The van der Waals surface area contributed by atoms with Gasteiger partial charge in [-0.3, -0.25) is 14.3 Å². The molecule has 1 aliphatic carbocycles. The van der Waals surface area contributed by atoms with Crippen molar-refractivity contribution in [3.63, 3.8) is 0 Å². The van der Waals surface area contributed by atoms with Gasteiger partial charge >= 0.3 is 0 Å². The van der Waals surface area contributed by atoms with E-state index in [2.05, 4.69) is 4.57 Å². The van der Waals surface area contributed by atoms with E-state index in [0.29, 0.717) is 22.7 Å². The second-order valence-electron chi connectivity index (χ2n) is 9.09. The van der Waals surface area contributed by atoms with Crippen molar-refractivity contribution in [2.45, 2.75) is 71.8 Å². The van der Waals surface area contributed by atoms with Crippen LogP contribution in [0.3, 0.4) is 0 Å². The number of rotatable bonds is 4. The molecule has 0 radical (unpaired) electrons. The number of primary amides is 1. The van der Waals surface area contributed by atoms with Gasteiger partial charge in [-0.1, -0.05) is 50.3 Å². The lowest BCUT2D eigenvalue weighted by Gasteiger charge is -2.25. The molecule has 1 amide bonds. The summed E-state index contributed by atoms with van der Waals surface area (Å²) in [5, 5.41) is 0. The van der Waals surface area contributed by atoms with Crippen LogP contribution in [0.1, 0.15) is 78.4 Å². The predicted molar refractivity (Wildman–Crippen MR) is 129 cm³/mol. The van der Waals surface area contributed by atoms with Crippen LogP contribution in [0.15, 0.2) is 35.1 Å². The Bertz CT molecular complexity index is 1190. The summed E-state index contributed by atoms with van der Waals surface area (Å²) in [6.45, 7) is 5.94. The summed E-state index contributed by atoms with van der Waals surface area (Å²) < 4.78 is 5.82. The van der Waals surface area contributed by atoms with Crippen LogP contribution >= 0.6 is 0 Å². The number of nitrogens with zero attached hydrogens (tertiary/aromatic N) is 3. The Morgan fingerprint density at radius 1 is 0.875 bits per heavy atom. The summed E-state index contributed by atoms with van der Waals surface area (Å²) in [5.74, 6) is -0.473. The maximum Gasteiger partial charge on any atom is 0.279 e. The van der Waals surface area contributed by atoms with Gasteiger partial charge in [-0.25, -0.2) is 4.68 Å². The molecule has 0 aliphatic heterocycles. The molecular formula is C26H34N4O2. The molecule has 4 rings (SSSR count). The largest absolute Gasteiger partial charge is 0.366 e. The van der Waals surface area contributed by atoms with Gasteiger partial charge in [-0.2, -0.15) is 0 Å². The van der Waals surface area contributed by atoms with Crippen LogP contribution in [0, 0.1) is 20.8 Å². The standard InChI is InChI=1S/C26H34N4O2/c1-17-24(26(32)30(28(17)4)21-15-11-8-12-16-21)22-18(2)29(19(3)23(22)25(27)31)20-13-9-6-5-7-10-14-20/h8,11-12,15-16,20H,5-7,9-10,13-14H2,1-4H3,(H2,27,31). The van der Waals surface area contributed by atoms with E-state index in [1.54, 1.807) is 4.68 Å². The van der Waals surface area contributed by atoms with Crippen LogP contribution in [0.4, 0.5) is 0 Å². The molecule has 0 atom stereocenters. The average molecular weight is 435 g/mol. The highest BCUT2D eigenvalue weighted by molar-refractivity contribution is 6.02. The molecule has 1 saturated carbocycles. The molecule has 1 fully saturated rings. The zero-order valence-electron chi connectivity index (χ0n) is 19.6. The number of amides is 1. The molecule has 0 unspecified atom stereocenters. The van der Waals surface area contributed by atoms with Crippen molar-refractivity contribution >= 4 is 5.91 Å². The van der Waals surface area contributed by atoms with Crippen molar-refractivity contribution in [2.24, 2.45) is 12.8 Å². The molecule has 2 aromatic heterocycles. The van der Waals surface area contributed by atoms with E-state index >= 15 is 0 Å². The van der Waals surface area contributed by atoms with Crippen LogP contribution < -0.4 is 11.3 Å². The van der Waals surface area contributed by atoms with Gasteiger partial charge in [0.1, 0.15) is 0 Å². The van der Waals surface area contributed by atoms with E-state index in [-0.39, 0.29) is 5.56 Å². The number of carbonyl (C=O) groups excluding carboxylic acids is 1. The molecule has 0 saturated heterocycles. The van der Waals surface area contributed by atoms with E-state index in [4.69, 9.17) is 5.73 Å². The zero-order valence-corrected chi connectivity index (χ0v) is 19.6. The number of para-hydroxylation sites is 1. The van der Waals surface area contributed by atoms with Crippen LogP contribution in [-0.4, -0.2) is 19.8 Å². The van der Waals surface area contributed by atoms with Crippen molar-refractivity contribution in [1.29, 1.82) is 0 Å². The molecule has 1 aromatic carbocycles. The molecule has 6 nitrogen and oxygen atoms in total. The average Bonchev–Trinajstić information content (AvgIpc) is 3.11. The van der Waals surface area contributed by atoms with Crippen LogP contribution in [-0.2, 0) is 7.05 Å². The van der Waals surface area contributed by atoms with Crippen LogP contribution in [0.2, 0.25) is 0 Å². The fourth-order valence-electron chi connectivity index (χ4n) is 5.56. The maximum absolute atomic E-state index is 13.7. The lowest BCUT2D eigenvalue weighted by atomic mass is 9.96. The van der Waals surface area contributed by atoms with Crippen molar-refractivity contribution in [1.82, 2.24) is 13.9 Å². The van der Waals surface area contributed by atoms with E-state index in [1.165, 1.54) is 32.1 Å². The molecular weight excluding hydrogens is 400 g/mol. The number of carbonyl (C=O) groups is 1. The van der Waals surface area contributed by atoms with E-state index in [9.17, 15) is 9.59 Å². The topological polar surface area (TPSA) is 75.0 Å². The molecule has 6 heteroatoms. The fourth-order valence-corrected chi connectivity index (χ4v) is 5.56. The molecule has 32 heavy (non-hydrogen) atoms. The first-order chi connectivity index (χ1) is 15.3. The molecule has 170 valence electrons. The molecule has 3 aromatic rings. The van der Waals surface area contributed by atoms with Crippen molar-refractivity contribution in [3.05, 3.63) is 63.3 Å². The number of aromatic nitrogens is 3. The lowest BCUT2D eigenvalue weighted by molar-refractivity contribution is 0.1000. The van der Waals surface area contributed by atoms with Gasteiger partial charge in [0.05, 0.1) is 16.8 Å². The molecule has 1 aliphatic rings. The highest BCUT2D eigenvalue weighted by Crippen LogP contribution is 2.38. The van der Waals surface area contributed by atoms with Crippen LogP contribution in [0.25, 0.3) is 16.8 Å². The lowest BCUT2D eigenvalue weighted by Crippen LogP contribution is -2.20. The first-order valence-electron chi connectivity index (χ1n) is 11.7. The number of nitrogens with two attached hydrogens (primary N) is 1. The van der Waals surface area contributed by atoms with Gasteiger partial charge in [0.25, 0.3) is 11.5 Å². The van der Waals surface area contributed by atoms with Crippen molar-refractivity contribution in [2.75, 3.05) is 0 Å². The second-order valence-corrected chi connectivity index (χ2v) is 9.09. The molecule has 2 heterocycles. The minimum atomic E-state index is -0.473. The second kappa shape index (κ2) is 8.85. The smallest absolute Gasteiger partial charge is 0.279 e. The normalized spacial score (nSPS) is 15.5. The summed E-state index contributed by atoms with van der Waals surface area (Å²) in [6, 6.07) is 9.93. The first-order valence-corrected chi connectivity index (χ1v) is 11.7. The minimum Gasteiger partial charge on any atom is -0.366 e. The van der Waals surface area contributed by atoms with Gasteiger partial charge in [0.2, 0.25) is 0 Å². The number of hydrogen-bond acceptors (Lipinski definition) is 2. The van der Waals surface area contributed by atoms with E-state index < -0.39 is 5.91 Å². The van der Waals surface area contributed by atoms with Crippen molar-refractivity contribution in [3.8, 4) is 16.8 Å². The Morgan fingerprint density at radius 3 is 2.06 bits per heavy atom. The third-order valence-corrected chi connectivity index (χ3v) is 7.19. The Balaban J connectivity index is 1.95. The molecule has 0 spiro atoms. The highest BCUT2D eigenvalue weighted by atomic mass is 16.1. The SMILES string of the molecule is Cc1c(C(N)=O)c(-c2c(C)n(C)n(-c3ccccc3)c2=O)c(C)n1C1CCCCCCC1.